The summed E-state index contributed by atoms with van der Waals surface area (Å²) in [5, 5.41) is 19.2. The highest BCUT2D eigenvalue weighted by molar-refractivity contribution is 6.69. The van der Waals surface area contributed by atoms with Gasteiger partial charge in [0.25, 0.3) is 0 Å². The van der Waals surface area contributed by atoms with E-state index in [0.29, 0.717) is 16.6 Å². The van der Waals surface area contributed by atoms with Crippen LogP contribution < -0.4 is 0 Å². The molecular weight excluding hydrogens is 274 g/mol. The van der Waals surface area contributed by atoms with E-state index in [-0.39, 0.29) is 5.69 Å². The minimum Gasteiger partial charge on any atom is -0.477 e. The van der Waals surface area contributed by atoms with Crippen molar-refractivity contribution >= 4 is 25.3 Å². The summed E-state index contributed by atoms with van der Waals surface area (Å²) < 4.78 is 5.80. The molecule has 1 unspecified atom stereocenters. The van der Waals surface area contributed by atoms with E-state index < -0.39 is 20.4 Å². The summed E-state index contributed by atoms with van der Waals surface area (Å²) in [6.07, 6.45) is 0.653. The van der Waals surface area contributed by atoms with Gasteiger partial charge in [-0.1, -0.05) is 0 Å². The number of nitriles is 1. The molecule has 2 rings (SSSR count). The summed E-state index contributed by atoms with van der Waals surface area (Å²) in [6, 6.07) is 5.49. The average Bonchev–Trinajstić information content (AvgIpc) is 2.74. The lowest BCUT2D eigenvalue weighted by molar-refractivity contribution is 0.0687. The van der Waals surface area contributed by atoms with E-state index in [4.69, 9.17) is 4.43 Å². The Bertz CT molecular complexity index is 697. The first-order valence-corrected chi connectivity index (χ1v) is 9.51. The molecule has 0 spiro atoms. The average molecular weight is 289 g/mol. The summed E-state index contributed by atoms with van der Waals surface area (Å²) in [5.74, 6) is -1.13. The fraction of sp³-hybridized carbons (Fsp3) is 0.308. The van der Waals surface area contributed by atoms with Crippen LogP contribution in [0.4, 0.5) is 0 Å². The van der Waals surface area contributed by atoms with Gasteiger partial charge < -0.3 is 14.5 Å². The Morgan fingerprint density at radius 1 is 1.55 bits per heavy atom. The lowest BCUT2D eigenvalue weighted by Gasteiger charge is -2.21. The molecular formula is C13H15N3O3Si. The standard InChI is InChI=1S/C13H15N3O3Si/c1-20(2,3)19-9(7-14)10-8-5-4-6-15-12(8)16-11(10)13(17)18/h4-6,9H,1-3H3,(H,15,16)(H,17,18). The number of aromatic nitrogens is 2. The maximum Gasteiger partial charge on any atom is 0.352 e. The topological polar surface area (TPSA) is 99.0 Å². The molecule has 0 saturated heterocycles. The predicted octanol–water partition coefficient (Wildman–Crippen LogP) is 2.68. The molecule has 0 fully saturated rings. The molecule has 0 radical (unpaired) electrons. The van der Waals surface area contributed by atoms with E-state index in [1.54, 1.807) is 18.3 Å². The van der Waals surface area contributed by atoms with Crippen molar-refractivity contribution in [3.05, 3.63) is 29.6 Å². The minimum atomic E-state index is -1.99. The number of hydrogen-bond acceptors (Lipinski definition) is 4. The summed E-state index contributed by atoms with van der Waals surface area (Å²) in [6.45, 7) is 5.85. The van der Waals surface area contributed by atoms with E-state index in [0.717, 1.165) is 0 Å². The lowest BCUT2D eigenvalue weighted by atomic mass is 10.1. The number of hydrogen-bond donors (Lipinski definition) is 2. The van der Waals surface area contributed by atoms with E-state index >= 15 is 0 Å². The molecule has 0 aliphatic rings. The zero-order valence-corrected chi connectivity index (χ0v) is 12.5. The van der Waals surface area contributed by atoms with Crippen molar-refractivity contribution in [2.45, 2.75) is 25.7 Å². The predicted molar refractivity (Wildman–Crippen MR) is 75.8 cm³/mol. The van der Waals surface area contributed by atoms with E-state index in [2.05, 4.69) is 9.97 Å². The Balaban J connectivity index is 2.64. The minimum absolute atomic E-state index is 0.0384. The Morgan fingerprint density at radius 2 is 2.25 bits per heavy atom. The molecule has 20 heavy (non-hydrogen) atoms. The SMILES string of the molecule is C[Si](C)(C)OC(C#N)c1c(C(=O)O)[nH]c2ncccc12. The number of rotatable bonds is 4. The van der Waals surface area contributed by atoms with Gasteiger partial charge in [-0.25, -0.2) is 9.78 Å². The number of aromatic amines is 1. The van der Waals surface area contributed by atoms with Crippen LogP contribution in [-0.2, 0) is 4.43 Å². The van der Waals surface area contributed by atoms with Gasteiger partial charge in [0.1, 0.15) is 11.3 Å². The maximum atomic E-state index is 11.4. The second kappa shape index (κ2) is 5.07. The number of nitrogens with zero attached hydrogens (tertiary/aromatic N) is 2. The highest BCUT2D eigenvalue weighted by atomic mass is 28.4. The van der Waals surface area contributed by atoms with Gasteiger partial charge in [0.2, 0.25) is 0 Å². The summed E-state index contributed by atoms with van der Waals surface area (Å²) in [4.78, 5) is 18.2. The number of fused-ring (bicyclic) bond motifs is 1. The first-order chi connectivity index (χ1) is 9.33. The van der Waals surface area contributed by atoms with Crippen LogP contribution in [0.5, 0.6) is 0 Å². The van der Waals surface area contributed by atoms with Gasteiger partial charge >= 0.3 is 5.97 Å². The molecule has 104 valence electrons. The lowest BCUT2D eigenvalue weighted by Crippen LogP contribution is -2.28. The summed E-state index contributed by atoms with van der Waals surface area (Å²) in [7, 11) is -1.99. The third-order valence-electron chi connectivity index (χ3n) is 2.68. The third kappa shape index (κ3) is 2.71. The van der Waals surface area contributed by atoms with Crippen LogP contribution in [0.3, 0.4) is 0 Å². The van der Waals surface area contributed by atoms with E-state index in [1.165, 1.54) is 0 Å². The van der Waals surface area contributed by atoms with Gasteiger partial charge in [0.05, 0.1) is 6.07 Å². The van der Waals surface area contributed by atoms with Crippen molar-refractivity contribution in [3.8, 4) is 6.07 Å². The highest BCUT2D eigenvalue weighted by Gasteiger charge is 2.29. The van der Waals surface area contributed by atoms with Gasteiger partial charge in [-0.15, -0.1) is 0 Å². The molecule has 1 atom stereocenters. The number of carboxylic acids is 1. The normalized spacial score (nSPS) is 13.1. The van der Waals surface area contributed by atoms with Crippen LogP contribution in [0.15, 0.2) is 18.3 Å². The Morgan fingerprint density at radius 3 is 2.80 bits per heavy atom. The van der Waals surface area contributed by atoms with Crippen LogP contribution in [0, 0.1) is 11.3 Å². The fourth-order valence-electron chi connectivity index (χ4n) is 1.99. The quantitative estimate of drug-likeness (QED) is 0.843. The Hall–Kier alpha value is -2.17. The Kier molecular flexibility index (Phi) is 3.61. The van der Waals surface area contributed by atoms with E-state index in [1.807, 2.05) is 25.7 Å². The fourth-order valence-corrected chi connectivity index (χ4v) is 2.86. The highest BCUT2D eigenvalue weighted by Crippen LogP contribution is 2.31. The zero-order chi connectivity index (χ0) is 14.9. The number of nitrogens with one attached hydrogen (secondary N) is 1. The van der Waals surface area contributed by atoms with Gasteiger partial charge in [0.15, 0.2) is 14.4 Å². The number of carboxylic acid groups (broad SMARTS) is 1. The van der Waals surface area contributed by atoms with Crippen LogP contribution in [-0.4, -0.2) is 29.4 Å². The second-order valence-corrected chi connectivity index (χ2v) is 9.82. The summed E-state index contributed by atoms with van der Waals surface area (Å²) in [5.41, 5.74) is 0.758. The second-order valence-electron chi connectivity index (χ2n) is 5.36. The van der Waals surface area contributed by atoms with Crippen LogP contribution in [0.2, 0.25) is 19.6 Å². The molecule has 2 aromatic rings. The van der Waals surface area contributed by atoms with Gasteiger partial charge in [0, 0.05) is 17.1 Å². The first-order valence-electron chi connectivity index (χ1n) is 6.11. The molecule has 0 amide bonds. The number of carbonyl (C=O) groups is 1. The van der Waals surface area contributed by atoms with Gasteiger partial charge in [-0.2, -0.15) is 5.26 Å². The molecule has 6 nitrogen and oxygen atoms in total. The smallest absolute Gasteiger partial charge is 0.352 e. The van der Waals surface area contributed by atoms with E-state index in [9.17, 15) is 15.2 Å². The first kappa shape index (κ1) is 14.2. The third-order valence-corrected chi connectivity index (χ3v) is 3.62. The van der Waals surface area contributed by atoms with Gasteiger partial charge in [-0.3, -0.25) is 0 Å². The molecule has 0 aliphatic heterocycles. The molecule has 2 aromatic heterocycles. The van der Waals surface area contributed by atoms with Crippen molar-refractivity contribution < 1.29 is 14.3 Å². The molecule has 2 N–H and O–H groups in total. The van der Waals surface area contributed by atoms with Crippen molar-refractivity contribution in [1.29, 1.82) is 5.26 Å². The van der Waals surface area contributed by atoms with Crippen LogP contribution in [0.1, 0.15) is 22.2 Å². The zero-order valence-electron chi connectivity index (χ0n) is 11.5. The molecule has 0 aliphatic carbocycles. The van der Waals surface area contributed by atoms with Gasteiger partial charge in [-0.05, 0) is 31.8 Å². The molecule has 2 heterocycles. The Labute approximate surface area is 117 Å². The maximum absolute atomic E-state index is 11.4. The number of aromatic carboxylic acids is 1. The number of pyridine rings is 1. The molecule has 0 aromatic carbocycles. The largest absolute Gasteiger partial charge is 0.477 e. The number of H-pyrrole nitrogens is 1. The monoisotopic (exact) mass is 289 g/mol. The summed E-state index contributed by atoms with van der Waals surface area (Å²) >= 11 is 0. The van der Waals surface area contributed by atoms with Crippen molar-refractivity contribution in [1.82, 2.24) is 9.97 Å². The van der Waals surface area contributed by atoms with Crippen molar-refractivity contribution in [2.75, 3.05) is 0 Å². The van der Waals surface area contributed by atoms with Crippen molar-refractivity contribution in [2.24, 2.45) is 0 Å². The van der Waals surface area contributed by atoms with Crippen LogP contribution in [0.25, 0.3) is 11.0 Å². The molecule has 0 saturated carbocycles. The molecule has 0 bridgehead atoms. The van der Waals surface area contributed by atoms with Crippen molar-refractivity contribution in [3.63, 3.8) is 0 Å². The molecule has 7 heteroatoms. The van der Waals surface area contributed by atoms with Crippen LogP contribution >= 0.6 is 0 Å².